The van der Waals surface area contributed by atoms with Crippen LogP contribution in [0.15, 0.2) is 78.9 Å². The van der Waals surface area contributed by atoms with E-state index in [4.69, 9.17) is 4.74 Å². The summed E-state index contributed by atoms with van der Waals surface area (Å²) in [5.41, 5.74) is 4.72. The number of rotatable bonds is 7. The number of hydrogen-bond acceptors (Lipinski definition) is 5. The molecule has 8 heteroatoms. The molecule has 0 radical (unpaired) electrons. The van der Waals surface area contributed by atoms with Gasteiger partial charge in [-0.2, -0.15) is 0 Å². The van der Waals surface area contributed by atoms with Crippen LogP contribution in [0.25, 0.3) is 11.1 Å². The van der Waals surface area contributed by atoms with Crippen molar-refractivity contribution in [3.63, 3.8) is 0 Å². The molecule has 3 aromatic rings. The smallest absolute Gasteiger partial charge is 0.329 e. The summed E-state index contributed by atoms with van der Waals surface area (Å²) in [6.45, 7) is 0. The van der Waals surface area contributed by atoms with E-state index in [-0.39, 0.29) is 12.3 Å². The van der Waals surface area contributed by atoms with Crippen LogP contribution in [0.5, 0.6) is 0 Å². The Morgan fingerprint density at radius 2 is 1.35 bits per heavy atom. The van der Waals surface area contributed by atoms with E-state index in [9.17, 15) is 19.2 Å². The fourth-order valence-corrected chi connectivity index (χ4v) is 5.19. The highest BCUT2D eigenvalue weighted by Gasteiger charge is 2.41. The number of hydrogen-bond donors (Lipinski definition) is 3. The van der Waals surface area contributed by atoms with Crippen molar-refractivity contribution >= 4 is 23.7 Å². The van der Waals surface area contributed by atoms with Crippen molar-refractivity contribution in [2.45, 2.75) is 36.9 Å². The summed E-state index contributed by atoms with van der Waals surface area (Å²) in [5.74, 6) is -2.38. The topological polar surface area (TPSA) is 114 Å². The molecular weight excluding hydrogens is 470 g/mol. The summed E-state index contributed by atoms with van der Waals surface area (Å²) >= 11 is 0. The highest BCUT2D eigenvalue weighted by atomic mass is 16.5. The van der Waals surface area contributed by atoms with E-state index in [1.54, 1.807) is 0 Å². The highest BCUT2D eigenvalue weighted by molar-refractivity contribution is 6.00. The van der Waals surface area contributed by atoms with Gasteiger partial charge in [0.2, 0.25) is 17.7 Å². The molecule has 1 aliphatic carbocycles. The van der Waals surface area contributed by atoms with Gasteiger partial charge in [0.25, 0.3) is 0 Å². The highest BCUT2D eigenvalue weighted by Crippen LogP contribution is 2.46. The van der Waals surface area contributed by atoms with Crippen LogP contribution in [0.4, 0.5) is 0 Å². The molecule has 3 aromatic carbocycles. The van der Waals surface area contributed by atoms with Crippen LogP contribution in [0.2, 0.25) is 0 Å². The molecule has 3 amide bonds. The standard InChI is InChI=1S/C29H27N3O5/c1-37-29(36)26(25-20-13-7-5-11-18(20)19-12-6-8-14-21(19)25)32-24(33)16-23-28(35)30-22(27(34)31-23)15-17-9-3-2-4-10-17/h2-14,22-23,25-26H,15-16H2,1H3,(H,30,35)(H,31,34)(H,32,33)/t22-,23-,26-/m0/s1. The summed E-state index contributed by atoms with van der Waals surface area (Å²) < 4.78 is 5.05. The lowest BCUT2D eigenvalue weighted by atomic mass is 9.89. The van der Waals surface area contributed by atoms with Gasteiger partial charge in [-0.15, -0.1) is 0 Å². The Morgan fingerprint density at radius 3 is 1.97 bits per heavy atom. The number of methoxy groups -OCH3 is 1. The SMILES string of the molecule is COC(=O)[C@@H](NC(=O)C[C@@H]1NC(=O)[C@H](Cc2ccccc2)NC1=O)C1c2ccccc2-c2ccccc21. The predicted octanol–water partition coefficient (Wildman–Crippen LogP) is 2.07. The monoisotopic (exact) mass is 497 g/mol. The van der Waals surface area contributed by atoms with E-state index in [0.29, 0.717) is 6.42 Å². The van der Waals surface area contributed by atoms with Crippen LogP contribution >= 0.6 is 0 Å². The fraction of sp³-hybridized carbons (Fsp3) is 0.241. The first-order valence-corrected chi connectivity index (χ1v) is 12.2. The molecule has 1 fully saturated rings. The maximum Gasteiger partial charge on any atom is 0.329 e. The van der Waals surface area contributed by atoms with Crippen LogP contribution in [0, 0.1) is 0 Å². The Hall–Kier alpha value is -4.46. The molecule has 2 aliphatic rings. The van der Waals surface area contributed by atoms with E-state index in [0.717, 1.165) is 27.8 Å². The third-order valence-corrected chi connectivity index (χ3v) is 6.92. The molecule has 37 heavy (non-hydrogen) atoms. The molecule has 0 unspecified atom stereocenters. The Labute approximate surface area is 214 Å². The molecule has 1 aliphatic heterocycles. The molecule has 3 atom stereocenters. The Balaban J connectivity index is 1.30. The minimum Gasteiger partial charge on any atom is -0.467 e. The summed E-state index contributed by atoms with van der Waals surface area (Å²) in [5, 5.41) is 8.15. The molecule has 5 rings (SSSR count). The third-order valence-electron chi connectivity index (χ3n) is 6.92. The Morgan fingerprint density at radius 1 is 0.811 bits per heavy atom. The van der Waals surface area contributed by atoms with Gasteiger partial charge in [0.15, 0.2) is 0 Å². The zero-order chi connectivity index (χ0) is 25.9. The van der Waals surface area contributed by atoms with Crippen LogP contribution in [-0.2, 0) is 30.3 Å². The first-order chi connectivity index (χ1) is 18.0. The second-order valence-corrected chi connectivity index (χ2v) is 9.24. The zero-order valence-corrected chi connectivity index (χ0v) is 20.3. The van der Waals surface area contributed by atoms with Crippen LogP contribution < -0.4 is 16.0 Å². The lowest BCUT2D eigenvalue weighted by Gasteiger charge is -2.30. The van der Waals surface area contributed by atoms with E-state index in [1.807, 2.05) is 78.9 Å². The average Bonchev–Trinajstić information content (AvgIpc) is 3.24. The maximum atomic E-state index is 13.1. The van der Waals surface area contributed by atoms with Gasteiger partial charge >= 0.3 is 5.97 Å². The Kier molecular flexibility index (Phi) is 6.72. The van der Waals surface area contributed by atoms with E-state index in [2.05, 4.69) is 16.0 Å². The number of nitrogens with one attached hydrogen (secondary N) is 3. The first kappa shape index (κ1) is 24.2. The molecule has 0 spiro atoms. The lowest BCUT2D eigenvalue weighted by molar-refractivity contribution is -0.146. The second-order valence-electron chi connectivity index (χ2n) is 9.24. The number of esters is 1. The summed E-state index contributed by atoms with van der Waals surface area (Å²) in [4.78, 5) is 51.4. The van der Waals surface area contributed by atoms with Gasteiger partial charge in [0.1, 0.15) is 18.1 Å². The molecular formula is C29H27N3O5. The molecule has 0 saturated carbocycles. The molecule has 8 nitrogen and oxygen atoms in total. The minimum atomic E-state index is -1.04. The largest absolute Gasteiger partial charge is 0.467 e. The van der Waals surface area contributed by atoms with Crippen LogP contribution in [0.1, 0.15) is 29.0 Å². The quantitative estimate of drug-likeness (QED) is 0.433. The van der Waals surface area contributed by atoms with Gasteiger partial charge < -0.3 is 20.7 Å². The molecule has 0 bridgehead atoms. The number of ether oxygens (including phenoxy) is 1. The second kappa shape index (κ2) is 10.3. The van der Waals surface area contributed by atoms with Crippen LogP contribution in [-0.4, -0.2) is 48.9 Å². The number of piperazine rings is 1. The van der Waals surface area contributed by atoms with Gasteiger partial charge in [0, 0.05) is 12.3 Å². The Bertz CT molecular complexity index is 1310. The predicted molar refractivity (Wildman–Crippen MR) is 136 cm³/mol. The van der Waals surface area contributed by atoms with Gasteiger partial charge in [-0.25, -0.2) is 4.79 Å². The van der Waals surface area contributed by atoms with E-state index in [1.165, 1.54) is 7.11 Å². The van der Waals surface area contributed by atoms with Gasteiger partial charge in [-0.05, 0) is 27.8 Å². The maximum absolute atomic E-state index is 13.1. The van der Waals surface area contributed by atoms with Crippen molar-refractivity contribution in [3.8, 4) is 11.1 Å². The van der Waals surface area contributed by atoms with Gasteiger partial charge in [-0.3, -0.25) is 14.4 Å². The molecule has 1 saturated heterocycles. The molecule has 1 heterocycles. The zero-order valence-electron chi connectivity index (χ0n) is 20.3. The number of amides is 3. The summed E-state index contributed by atoms with van der Waals surface area (Å²) in [6, 6.07) is 22.1. The first-order valence-electron chi connectivity index (χ1n) is 12.2. The normalized spacial score (nSPS) is 19.2. The van der Waals surface area contributed by atoms with Gasteiger partial charge in [0.05, 0.1) is 13.5 Å². The van der Waals surface area contributed by atoms with Crippen molar-refractivity contribution in [1.82, 2.24) is 16.0 Å². The number of carbonyl (C=O) groups is 4. The number of benzene rings is 3. The third kappa shape index (κ3) is 4.82. The van der Waals surface area contributed by atoms with Crippen molar-refractivity contribution in [2.24, 2.45) is 0 Å². The summed E-state index contributed by atoms with van der Waals surface area (Å²) in [7, 11) is 1.27. The van der Waals surface area contributed by atoms with E-state index >= 15 is 0 Å². The van der Waals surface area contributed by atoms with Crippen molar-refractivity contribution in [2.75, 3.05) is 7.11 Å². The van der Waals surface area contributed by atoms with Gasteiger partial charge in [-0.1, -0.05) is 78.9 Å². The van der Waals surface area contributed by atoms with Crippen molar-refractivity contribution in [3.05, 3.63) is 95.6 Å². The fourth-order valence-electron chi connectivity index (χ4n) is 5.19. The minimum absolute atomic E-state index is 0.306. The molecule has 3 N–H and O–H groups in total. The summed E-state index contributed by atoms with van der Waals surface area (Å²) in [6.07, 6.45) is 0.0430. The lowest BCUT2D eigenvalue weighted by Crippen LogP contribution is -2.63. The van der Waals surface area contributed by atoms with Crippen molar-refractivity contribution in [1.29, 1.82) is 0 Å². The van der Waals surface area contributed by atoms with Crippen LogP contribution in [0.3, 0.4) is 0 Å². The number of fused-ring (bicyclic) bond motifs is 3. The van der Waals surface area contributed by atoms with E-state index < -0.39 is 41.8 Å². The number of carbonyl (C=O) groups excluding carboxylic acids is 4. The molecule has 0 aromatic heterocycles. The molecule has 188 valence electrons. The van der Waals surface area contributed by atoms with Crippen molar-refractivity contribution < 1.29 is 23.9 Å². The average molecular weight is 498 g/mol.